The van der Waals surface area contributed by atoms with E-state index in [2.05, 4.69) is 5.32 Å². The number of hydrogen-bond acceptors (Lipinski definition) is 14. The van der Waals surface area contributed by atoms with Crippen LogP contribution in [0.1, 0.15) is 88.7 Å². The van der Waals surface area contributed by atoms with Gasteiger partial charge in [0.05, 0.1) is 35.6 Å². The number of carboxylic acids is 1. The summed E-state index contributed by atoms with van der Waals surface area (Å²) in [4.78, 5) is 79.9. The van der Waals surface area contributed by atoms with Crippen molar-refractivity contribution in [2.75, 3.05) is 6.61 Å². The van der Waals surface area contributed by atoms with Crippen molar-refractivity contribution in [2.45, 2.75) is 121 Å². The molecule has 6 N–H and O–H groups in total. The summed E-state index contributed by atoms with van der Waals surface area (Å²) < 4.78 is 24.0. The van der Waals surface area contributed by atoms with Crippen molar-refractivity contribution >= 4 is 35.6 Å². The van der Waals surface area contributed by atoms with Gasteiger partial charge in [0, 0.05) is 38.0 Å². The number of carbonyl (C=O) groups excluding carboxylic acids is 5. The average Bonchev–Trinajstić information content (AvgIpc) is 3.18. The summed E-state index contributed by atoms with van der Waals surface area (Å²) in [6.07, 6.45) is -11.2. The molecule has 4 aliphatic rings. The van der Waals surface area contributed by atoms with Crippen LogP contribution in [0.4, 0.5) is 0 Å². The number of aliphatic hydroxyl groups excluding tert-OH is 3. The van der Waals surface area contributed by atoms with Gasteiger partial charge in [-0.25, -0.2) is 9.59 Å². The van der Waals surface area contributed by atoms with Gasteiger partial charge in [-0.3, -0.25) is 19.2 Å². The number of Topliss-reactive ketones (excluding diaryl/α,β-unsaturated/α-hetero) is 1. The van der Waals surface area contributed by atoms with Crippen LogP contribution in [0.5, 0.6) is 0 Å². The minimum Gasteiger partial charge on any atom is -0.481 e. The maximum atomic E-state index is 14.9. The Morgan fingerprint density at radius 2 is 1.58 bits per heavy atom. The van der Waals surface area contributed by atoms with Crippen molar-refractivity contribution < 1.29 is 73.2 Å². The van der Waals surface area contributed by atoms with Gasteiger partial charge in [-0.15, -0.1) is 0 Å². The number of hydrogen-bond donors (Lipinski definition) is 6. The van der Waals surface area contributed by atoms with Crippen LogP contribution in [0.3, 0.4) is 0 Å². The van der Waals surface area contributed by atoms with Crippen molar-refractivity contribution in [1.29, 1.82) is 0 Å². The first-order valence-corrected chi connectivity index (χ1v) is 19.6. The summed E-state index contributed by atoms with van der Waals surface area (Å²) >= 11 is 0. The quantitative estimate of drug-likeness (QED) is 0.102. The summed E-state index contributed by atoms with van der Waals surface area (Å²) in [7, 11) is 0. The highest BCUT2D eigenvalue weighted by Gasteiger charge is 2.78. The van der Waals surface area contributed by atoms with E-state index in [4.69, 9.17) is 24.1 Å². The number of fused-ring (bicyclic) bond motifs is 5. The molecule has 2 bridgehead atoms. The number of ketones is 1. The number of benzene rings is 2. The van der Waals surface area contributed by atoms with E-state index in [1.54, 1.807) is 48.5 Å². The van der Waals surface area contributed by atoms with E-state index >= 15 is 0 Å². The molecule has 1 saturated heterocycles. The van der Waals surface area contributed by atoms with Crippen molar-refractivity contribution in [1.82, 2.24) is 5.32 Å². The molecular weight excluding hydrogens is 770 g/mol. The van der Waals surface area contributed by atoms with E-state index in [1.165, 1.54) is 39.8 Å². The number of ether oxygens (including phenoxy) is 4. The maximum Gasteiger partial charge on any atom is 0.338 e. The highest BCUT2D eigenvalue weighted by Crippen LogP contribution is 2.64. The van der Waals surface area contributed by atoms with Crippen LogP contribution >= 0.6 is 0 Å². The van der Waals surface area contributed by atoms with Gasteiger partial charge in [-0.05, 0) is 49.1 Å². The molecule has 1 aliphatic heterocycles. The third-order valence-electron chi connectivity index (χ3n) is 13.0. The molecule has 3 fully saturated rings. The van der Waals surface area contributed by atoms with Crippen LogP contribution in [0.2, 0.25) is 0 Å². The Labute approximate surface area is 340 Å². The minimum atomic E-state index is -2.38. The van der Waals surface area contributed by atoms with Crippen LogP contribution in [0.25, 0.3) is 0 Å². The number of carboxylic acid groups (broad SMARTS) is 1. The first kappa shape index (κ1) is 43.6. The lowest BCUT2D eigenvalue weighted by Gasteiger charge is -2.67. The molecule has 2 aromatic carbocycles. The lowest BCUT2D eigenvalue weighted by molar-refractivity contribution is -0.346. The lowest BCUT2D eigenvalue weighted by atomic mass is 9.44. The lowest BCUT2D eigenvalue weighted by Crippen LogP contribution is -2.81. The Balaban J connectivity index is 1.46. The Morgan fingerprint density at radius 3 is 2.15 bits per heavy atom. The number of aliphatic carboxylic acids is 1. The second-order valence-corrected chi connectivity index (χ2v) is 16.7. The number of esters is 3. The molecule has 2 unspecified atom stereocenters. The zero-order valence-corrected chi connectivity index (χ0v) is 33.5. The van der Waals surface area contributed by atoms with E-state index in [-0.39, 0.29) is 49.0 Å². The molecule has 0 radical (unpaired) electrons. The SMILES string of the molecule is CC(=O)O[C@@]12CO[C@@H]1C[C@H](O)[C@@]1(C)C(=O)[C@H](O)C3=C(C)[C@@H](OC(=O)C(O)C(NC(=O)CCCC(=O)O)c4ccccc4)C[C@@](O)([C@@H](OC(=O)c4ccccc4)[C@H]21)C3(C)C. The van der Waals surface area contributed by atoms with Crippen LogP contribution in [-0.4, -0.2) is 116 Å². The van der Waals surface area contributed by atoms with Gasteiger partial charge >= 0.3 is 23.9 Å². The molecule has 1 heterocycles. The van der Waals surface area contributed by atoms with E-state index in [1.807, 2.05) is 0 Å². The Bertz CT molecular complexity index is 2020. The highest BCUT2D eigenvalue weighted by molar-refractivity contribution is 5.94. The molecule has 3 aliphatic carbocycles. The highest BCUT2D eigenvalue weighted by atomic mass is 16.6. The number of nitrogens with one attached hydrogen (secondary N) is 1. The topological polar surface area (TPSA) is 253 Å². The molecule has 0 spiro atoms. The van der Waals surface area contributed by atoms with E-state index in [0.717, 1.165) is 6.92 Å². The van der Waals surface area contributed by atoms with Crippen molar-refractivity contribution in [3.05, 3.63) is 82.9 Å². The van der Waals surface area contributed by atoms with Crippen LogP contribution < -0.4 is 5.32 Å². The van der Waals surface area contributed by atoms with Crippen LogP contribution in [-0.2, 0) is 42.9 Å². The molecule has 2 saturated carbocycles. The average molecular weight is 822 g/mol. The normalized spacial score (nSPS) is 33.0. The van der Waals surface area contributed by atoms with Crippen LogP contribution in [0, 0.1) is 16.7 Å². The van der Waals surface area contributed by atoms with Gasteiger partial charge in [0.25, 0.3) is 0 Å². The summed E-state index contributed by atoms with van der Waals surface area (Å²) in [5.41, 5.74) is -7.39. The van der Waals surface area contributed by atoms with Gasteiger partial charge in [0.15, 0.2) is 17.5 Å². The smallest absolute Gasteiger partial charge is 0.338 e. The van der Waals surface area contributed by atoms with E-state index < -0.39 is 113 Å². The minimum absolute atomic E-state index is 0.00777. The fourth-order valence-corrected chi connectivity index (χ4v) is 9.77. The Kier molecular flexibility index (Phi) is 12.0. The fraction of sp³-hybridized carbons (Fsp3) is 0.535. The van der Waals surface area contributed by atoms with Gasteiger partial charge in [-0.1, -0.05) is 62.4 Å². The van der Waals surface area contributed by atoms with Gasteiger partial charge in [-0.2, -0.15) is 0 Å². The Morgan fingerprint density at radius 1 is 0.949 bits per heavy atom. The van der Waals surface area contributed by atoms with E-state index in [0.29, 0.717) is 5.56 Å². The monoisotopic (exact) mass is 821 g/mol. The second-order valence-electron chi connectivity index (χ2n) is 16.7. The number of aliphatic hydroxyl groups is 4. The predicted molar refractivity (Wildman–Crippen MR) is 204 cm³/mol. The van der Waals surface area contributed by atoms with Gasteiger partial charge < -0.3 is 49.8 Å². The molecule has 59 heavy (non-hydrogen) atoms. The third kappa shape index (κ3) is 7.45. The number of amides is 1. The van der Waals surface area contributed by atoms with Crippen molar-refractivity contribution in [3.63, 3.8) is 0 Å². The van der Waals surface area contributed by atoms with Gasteiger partial charge in [0.1, 0.15) is 30.0 Å². The zero-order valence-electron chi connectivity index (χ0n) is 33.5. The first-order chi connectivity index (χ1) is 27.7. The first-order valence-electron chi connectivity index (χ1n) is 19.6. The fourth-order valence-electron chi connectivity index (χ4n) is 9.77. The maximum absolute atomic E-state index is 14.9. The van der Waals surface area contributed by atoms with Crippen molar-refractivity contribution in [2.24, 2.45) is 16.7 Å². The summed E-state index contributed by atoms with van der Waals surface area (Å²) in [6, 6.07) is 14.4. The molecule has 16 nitrogen and oxygen atoms in total. The van der Waals surface area contributed by atoms with E-state index in [9.17, 15) is 49.2 Å². The summed E-state index contributed by atoms with van der Waals surface area (Å²) in [5, 5.41) is 60.6. The number of rotatable bonds is 12. The molecule has 0 aromatic heterocycles. The molecular formula is C43H51NO15. The van der Waals surface area contributed by atoms with Crippen molar-refractivity contribution in [3.8, 4) is 0 Å². The third-order valence-corrected chi connectivity index (χ3v) is 13.0. The Hall–Kier alpha value is -5.00. The standard InChI is InChI=1S/C43H51NO15/c1-22-26(57-39(54)34(51)32(24-13-8-6-9-14-24)44-29(47)17-12-18-30(48)49)20-43(55)37(58-38(53)25-15-10-7-11-16-25)35-41(5,36(52)33(50)31(22)40(43,3)4)27(46)19-28-42(35,21-56-28)59-23(2)45/h6-11,13-16,26-28,32-35,37,46,50-51,55H,12,17-21H2,1-5H3,(H,44,47)(H,48,49)/t26-,27-,28+,32?,33+,34?,35-,37-,41+,42-,43+/m0/s1. The second kappa shape index (κ2) is 16.2. The molecule has 11 atom stereocenters. The van der Waals surface area contributed by atoms with Gasteiger partial charge in [0.2, 0.25) is 5.91 Å². The molecule has 1 amide bonds. The summed E-state index contributed by atoms with van der Waals surface area (Å²) in [5.74, 6) is -7.22. The largest absolute Gasteiger partial charge is 0.481 e. The molecule has 6 rings (SSSR count). The van der Waals surface area contributed by atoms with Crippen LogP contribution in [0.15, 0.2) is 71.8 Å². The number of carbonyl (C=O) groups is 6. The predicted octanol–water partition coefficient (Wildman–Crippen LogP) is 2.11. The zero-order chi connectivity index (χ0) is 43.2. The molecule has 16 heteroatoms. The molecule has 2 aromatic rings. The summed E-state index contributed by atoms with van der Waals surface area (Å²) in [6.45, 7) is 6.74. The molecule has 318 valence electrons.